The summed E-state index contributed by atoms with van der Waals surface area (Å²) in [6.45, 7) is 2.55. The molecular weight excluding hydrogens is 142 g/mol. The van der Waals surface area contributed by atoms with Crippen molar-refractivity contribution in [3.63, 3.8) is 0 Å². The van der Waals surface area contributed by atoms with Crippen molar-refractivity contribution < 1.29 is 9.53 Å². The van der Waals surface area contributed by atoms with Gasteiger partial charge in [0.05, 0.1) is 13.0 Å². The predicted molar refractivity (Wildman–Crippen MR) is 41.8 cm³/mol. The Balaban J connectivity index is 2.43. The molecule has 0 heterocycles. The van der Waals surface area contributed by atoms with E-state index in [-0.39, 0.29) is 11.9 Å². The maximum atomic E-state index is 11.1. The quantitative estimate of drug-likeness (QED) is 0.603. The number of esters is 1. The number of ether oxygens (including phenoxy) is 1. The first-order valence-electron chi connectivity index (χ1n) is 3.98. The van der Waals surface area contributed by atoms with E-state index in [0.717, 1.165) is 6.42 Å². The minimum absolute atomic E-state index is 0.0602. The first-order valence-corrected chi connectivity index (χ1v) is 3.98. The van der Waals surface area contributed by atoms with Crippen molar-refractivity contribution in [3.8, 4) is 0 Å². The Morgan fingerprint density at radius 1 is 1.82 bits per heavy atom. The van der Waals surface area contributed by atoms with E-state index in [0.29, 0.717) is 18.4 Å². The lowest BCUT2D eigenvalue weighted by atomic mass is 10.0. The zero-order chi connectivity index (χ0) is 8.43. The molecule has 0 aliphatic heterocycles. The van der Waals surface area contributed by atoms with Crippen LogP contribution >= 0.6 is 0 Å². The third-order valence-electron chi connectivity index (χ3n) is 2.45. The van der Waals surface area contributed by atoms with Gasteiger partial charge in [0.25, 0.3) is 0 Å². The average Bonchev–Trinajstić information content (AvgIpc) is 2.68. The van der Waals surface area contributed by atoms with Crippen molar-refractivity contribution >= 4 is 5.97 Å². The molecule has 0 spiro atoms. The van der Waals surface area contributed by atoms with Crippen LogP contribution in [-0.2, 0) is 9.53 Å². The summed E-state index contributed by atoms with van der Waals surface area (Å²) in [4.78, 5) is 11.1. The first-order chi connectivity index (χ1) is 5.20. The Hall–Kier alpha value is -0.570. The van der Waals surface area contributed by atoms with Crippen molar-refractivity contribution in [2.45, 2.75) is 13.3 Å². The molecule has 3 nitrogen and oxygen atoms in total. The second-order valence-corrected chi connectivity index (χ2v) is 3.24. The van der Waals surface area contributed by atoms with Gasteiger partial charge < -0.3 is 10.5 Å². The van der Waals surface area contributed by atoms with Gasteiger partial charge in [0.1, 0.15) is 0 Å². The van der Waals surface area contributed by atoms with Gasteiger partial charge >= 0.3 is 5.97 Å². The summed E-state index contributed by atoms with van der Waals surface area (Å²) in [6.07, 6.45) is 1.12. The van der Waals surface area contributed by atoms with E-state index in [1.807, 2.05) is 0 Å². The number of methoxy groups -OCH3 is 1. The van der Waals surface area contributed by atoms with Gasteiger partial charge in [-0.05, 0) is 18.3 Å². The Kier molecular flexibility index (Phi) is 2.49. The minimum Gasteiger partial charge on any atom is -0.469 e. The average molecular weight is 157 g/mol. The Bertz CT molecular complexity index is 158. The van der Waals surface area contributed by atoms with Crippen LogP contribution in [0.1, 0.15) is 13.3 Å². The fourth-order valence-corrected chi connectivity index (χ4v) is 1.51. The molecule has 1 aliphatic rings. The number of carbonyl (C=O) groups is 1. The van der Waals surface area contributed by atoms with Crippen molar-refractivity contribution in [3.05, 3.63) is 0 Å². The maximum Gasteiger partial charge on any atom is 0.310 e. The fraction of sp³-hybridized carbons (Fsp3) is 0.875. The lowest BCUT2D eigenvalue weighted by molar-refractivity contribution is -0.145. The number of nitrogens with two attached hydrogens (primary N) is 1. The molecule has 1 aliphatic carbocycles. The summed E-state index contributed by atoms with van der Waals surface area (Å²) in [5.41, 5.74) is 5.45. The van der Waals surface area contributed by atoms with Crippen LogP contribution in [0.5, 0.6) is 0 Å². The third-order valence-corrected chi connectivity index (χ3v) is 2.45. The molecule has 0 bridgehead atoms. The number of hydrogen-bond acceptors (Lipinski definition) is 3. The third kappa shape index (κ3) is 1.71. The fourth-order valence-electron chi connectivity index (χ4n) is 1.51. The van der Waals surface area contributed by atoms with Crippen LogP contribution in [0, 0.1) is 17.8 Å². The van der Waals surface area contributed by atoms with E-state index < -0.39 is 0 Å². The molecule has 0 amide bonds. The Morgan fingerprint density at radius 3 is 2.64 bits per heavy atom. The highest BCUT2D eigenvalue weighted by atomic mass is 16.5. The maximum absolute atomic E-state index is 11.1. The van der Waals surface area contributed by atoms with Crippen LogP contribution in [0.2, 0.25) is 0 Å². The van der Waals surface area contributed by atoms with Crippen LogP contribution in [0.25, 0.3) is 0 Å². The largest absolute Gasteiger partial charge is 0.469 e. The number of carbonyl (C=O) groups excluding carboxylic acids is 1. The van der Waals surface area contributed by atoms with Gasteiger partial charge in [-0.25, -0.2) is 0 Å². The van der Waals surface area contributed by atoms with Crippen molar-refractivity contribution in [1.29, 1.82) is 0 Å². The monoisotopic (exact) mass is 157 g/mol. The molecule has 1 fully saturated rings. The molecule has 1 saturated carbocycles. The van der Waals surface area contributed by atoms with Crippen LogP contribution in [-0.4, -0.2) is 19.6 Å². The van der Waals surface area contributed by atoms with Crippen LogP contribution in [0.3, 0.4) is 0 Å². The molecule has 0 saturated heterocycles. The molecule has 3 unspecified atom stereocenters. The van der Waals surface area contributed by atoms with E-state index in [9.17, 15) is 4.79 Å². The SMILES string of the molecule is COC(=O)C(CN)C1CC1C. The summed E-state index contributed by atoms with van der Waals surface area (Å²) in [5.74, 6) is 0.923. The van der Waals surface area contributed by atoms with Crippen LogP contribution in [0.4, 0.5) is 0 Å². The smallest absolute Gasteiger partial charge is 0.310 e. The first kappa shape index (κ1) is 8.53. The summed E-state index contributed by atoms with van der Waals surface area (Å²) < 4.78 is 4.63. The van der Waals surface area contributed by atoms with Crippen LogP contribution in [0.15, 0.2) is 0 Å². The summed E-state index contributed by atoms with van der Waals surface area (Å²) in [6, 6.07) is 0. The standard InChI is InChI=1S/C8H15NO2/c1-5-3-6(5)7(4-9)8(10)11-2/h5-7H,3-4,9H2,1-2H3. The van der Waals surface area contributed by atoms with E-state index in [1.54, 1.807) is 0 Å². The lowest BCUT2D eigenvalue weighted by Crippen LogP contribution is -2.27. The summed E-state index contributed by atoms with van der Waals surface area (Å²) in [5, 5.41) is 0. The van der Waals surface area contributed by atoms with Crippen molar-refractivity contribution in [2.75, 3.05) is 13.7 Å². The molecule has 3 atom stereocenters. The van der Waals surface area contributed by atoms with E-state index in [4.69, 9.17) is 5.73 Å². The molecule has 64 valence electrons. The predicted octanol–water partition coefficient (Wildman–Crippen LogP) is 0.390. The minimum atomic E-state index is -0.151. The Labute approximate surface area is 66.9 Å². The zero-order valence-corrected chi connectivity index (χ0v) is 7.04. The van der Waals surface area contributed by atoms with Gasteiger partial charge in [-0.2, -0.15) is 0 Å². The highest BCUT2D eigenvalue weighted by Gasteiger charge is 2.42. The van der Waals surface area contributed by atoms with E-state index in [1.165, 1.54) is 7.11 Å². The van der Waals surface area contributed by atoms with Gasteiger partial charge in [0, 0.05) is 6.54 Å². The molecule has 1 rings (SSSR count). The molecule has 0 radical (unpaired) electrons. The molecule has 3 heteroatoms. The number of hydrogen-bond donors (Lipinski definition) is 1. The normalized spacial score (nSPS) is 31.2. The highest BCUT2D eigenvalue weighted by molar-refractivity contribution is 5.73. The summed E-state index contributed by atoms with van der Waals surface area (Å²) in [7, 11) is 1.41. The second-order valence-electron chi connectivity index (χ2n) is 3.24. The van der Waals surface area contributed by atoms with Crippen LogP contribution < -0.4 is 5.73 Å². The lowest BCUT2D eigenvalue weighted by Gasteiger charge is -2.10. The molecule has 0 aromatic carbocycles. The summed E-state index contributed by atoms with van der Waals surface area (Å²) >= 11 is 0. The van der Waals surface area contributed by atoms with E-state index in [2.05, 4.69) is 11.7 Å². The Morgan fingerprint density at radius 2 is 2.36 bits per heavy atom. The van der Waals surface area contributed by atoms with Crippen molar-refractivity contribution in [1.82, 2.24) is 0 Å². The molecular formula is C8H15NO2. The second kappa shape index (κ2) is 3.22. The topological polar surface area (TPSA) is 52.3 Å². The van der Waals surface area contributed by atoms with Gasteiger partial charge in [-0.1, -0.05) is 6.92 Å². The van der Waals surface area contributed by atoms with E-state index >= 15 is 0 Å². The molecule has 0 aromatic heterocycles. The molecule has 11 heavy (non-hydrogen) atoms. The molecule has 0 aromatic rings. The van der Waals surface area contributed by atoms with Gasteiger partial charge in [0.2, 0.25) is 0 Å². The number of rotatable bonds is 3. The zero-order valence-electron chi connectivity index (χ0n) is 7.04. The van der Waals surface area contributed by atoms with Crippen molar-refractivity contribution in [2.24, 2.45) is 23.5 Å². The van der Waals surface area contributed by atoms with Gasteiger partial charge in [-0.15, -0.1) is 0 Å². The molecule has 2 N–H and O–H groups in total. The van der Waals surface area contributed by atoms with Gasteiger partial charge in [-0.3, -0.25) is 4.79 Å². The highest BCUT2D eigenvalue weighted by Crippen LogP contribution is 2.43. The van der Waals surface area contributed by atoms with Gasteiger partial charge in [0.15, 0.2) is 0 Å².